The van der Waals surface area contributed by atoms with Crippen molar-refractivity contribution in [3.8, 4) is 5.75 Å². The number of rotatable bonds is 2. The van der Waals surface area contributed by atoms with Crippen molar-refractivity contribution in [1.29, 1.82) is 0 Å². The van der Waals surface area contributed by atoms with E-state index >= 15 is 0 Å². The molecule has 1 nitrogen and oxygen atoms in total. The predicted octanol–water partition coefficient (Wildman–Crippen LogP) is 3.21. The van der Waals surface area contributed by atoms with Gasteiger partial charge in [0, 0.05) is 0 Å². The molecule has 0 heterocycles. The lowest BCUT2D eigenvalue weighted by Crippen LogP contribution is -1.80. The Bertz CT molecular complexity index is 270. The third-order valence-electron chi connectivity index (χ3n) is 1.97. The molecule has 1 rings (SSSR count). The van der Waals surface area contributed by atoms with Crippen LogP contribution in [0, 0.1) is 0 Å². The molecule has 0 bridgehead atoms. The Morgan fingerprint density at radius 3 is 2.33 bits per heavy atom. The molecular weight excluding hydrogens is 148 g/mol. The molecule has 0 spiro atoms. The Balaban J connectivity index is 2.96. The number of phenols is 1. The van der Waals surface area contributed by atoms with E-state index in [1.807, 2.05) is 19.1 Å². The highest BCUT2D eigenvalue weighted by Crippen LogP contribution is 2.19. The summed E-state index contributed by atoms with van der Waals surface area (Å²) in [4.78, 5) is 0. The molecule has 64 valence electrons. The fourth-order valence-electron chi connectivity index (χ4n) is 1.25. The maximum atomic E-state index is 9.06. The summed E-state index contributed by atoms with van der Waals surface area (Å²) in [6, 6.07) is 7.31. The summed E-state index contributed by atoms with van der Waals surface area (Å²) in [7, 11) is 0. The Kier molecular flexibility index (Phi) is 2.92. The van der Waals surface area contributed by atoms with Crippen molar-refractivity contribution in [2.24, 2.45) is 0 Å². The average molecular weight is 162 g/mol. The van der Waals surface area contributed by atoms with Crippen LogP contribution in [-0.2, 0) is 0 Å². The summed E-state index contributed by atoms with van der Waals surface area (Å²) in [6.45, 7) is 4.16. The Labute approximate surface area is 73.4 Å². The van der Waals surface area contributed by atoms with E-state index in [0.29, 0.717) is 5.75 Å². The lowest BCUT2D eigenvalue weighted by Gasteiger charge is -2.03. The highest BCUT2D eigenvalue weighted by atomic mass is 16.3. The van der Waals surface area contributed by atoms with Crippen molar-refractivity contribution in [2.45, 2.75) is 20.3 Å². The molecule has 0 unspecified atom stereocenters. The topological polar surface area (TPSA) is 20.2 Å². The highest BCUT2D eigenvalue weighted by molar-refractivity contribution is 5.65. The number of phenolic OH excluding ortho intramolecular Hbond substituents is 1. The number of benzene rings is 1. The third kappa shape index (κ3) is 1.88. The second-order valence-corrected chi connectivity index (χ2v) is 2.71. The van der Waals surface area contributed by atoms with Crippen LogP contribution < -0.4 is 0 Å². The van der Waals surface area contributed by atoms with Crippen LogP contribution in [0.4, 0.5) is 0 Å². The minimum absolute atomic E-state index is 0.324. The normalized spacial score (nSPS) is 11.7. The molecule has 0 atom stereocenters. The molecule has 0 aliphatic heterocycles. The fraction of sp³-hybridized carbons (Fsp3) is 0.273. The van der Waals surface area contributed by atoms with E-state index in [1.165, 1.54) is 11.1 Å². The molecule has 0 aliphatic carbocycles. The molecule has 0 aromatic heterocycles. The highest BCUT2D eigenvalue weighted by Gasteiger charge is 1.96. The molecule has 0 radical (unpaired) electrons. The van der Waals surface area contributed by atoms with Gasteiger partial charge in [0.2, 0.25) is 0 Å². The van der Waals surface area contributed by atoms with Crippen LogP contribution in [0.3, 0.4) is 0 Å². The summed E-state index contributed by atoms with van der Waals surface area (Å²) in [5, 5.41) is 9.06. The fourth-order valence-corrected chi connectivity index (χ4v) is 1.25. The summed E-state index contributed by atoms with van der Waals surface area (Å²) in [6.07, 6.45) is 3.13. The summed E-state index contributed by atoms with van der Waals surface area (Å²) in [5.74, 6) is 0.324. The van der Waals surface area contributed by atoms with Crippen molar-refractivity contribution in [3.05, 3.63) is 35.9 Å². The van der Waals surface area contributed by atoms with E-state index < -0.39 is 0 Å². The minimum atomic E-state index is 0.324. The quantitative estimate of drug-likeness (QED) is 0.708. The first-order chi connectivity index (χ1) is 5.77. The lowest BCUT2D eigenvalue weighted by atomic mass is 10.0. The Hall–Kier alpha value is -1.24. The SMILES string of the molecule is C/C=C(\CC)c1ccc(O)cc1. The Morgan fingerprint density at radius 1 is 1.33 bits per heavy atom. The van der Waals surface area contributed by atoms with E-state index in [1.54, 1.807) is 12.1 Å². The molecule has 1 N–H and O–H groups in total. The first-order valence-electron chi connectivity index (χ1n) is 4.22. The van der Waals surface area contributed by atoms with E-state index in [2.05, 4.69) is 13.0 Å². The van der Waals surface area contributed by atoms with Crippen LogP contribution >= 0.6 is 0 Å². The standard InChI is InChI=1S/C11H14O/c1-3-9(4-2)10-5-7-11(12)8-6-10/h3,5-8,12H,4H2,1-2H3/b9-3+. The van der Waals surface area contributed by atoms with Gasteiger partial charge >= 0.3 is 0 Å². The predicted molar refractivity (Wildman–Crippen MR) is 52.0 cm³/mol. The monoisotopic (exact) mass is 162 g/mol. The van der Waals surface area contributed by atoms with Crippen LogP contribution in [0.2, 0.25) is 0 Å². The summed E-state index contributed by atoms with van der Waals surface area (Å²) < 4.78 is 0. The van der Waals surface area contributed by atoms with Crippen molar-refractivity contribution < 1.29 is 5.11 Å². The molecule has 0 amide bonds. The molecule has 1 aromatic carbocycles. The number of aromatic hydroxyl groups is 1. The van der Waals surface area contributed by atoms with Crippen LogP contribution in [0.15, 0.2) is 30.3 Å². The number of hydrogen-bond acceptors (Lipinski definition) is 1. The van der Waals surface area contributed by atoms with Gasteiger partial charge in [0.05, 0.1) is 0 Å². The van der Waals surface area contributed by atoms with Crippen molar-refractivity contribution in [1.82, 2.24) is 0 Å². The van der Waals surface area contributed by atoms with Crippen LogP contribution in [0.25, 0.3) is 5.57 Å². The smallest absolute Gasteiger partial charge is 0.115 e. The molecule has 0 fully saturated rings. The van der Waals surface area contributed by atoms with Gasteiger partial charge in [0.1, 0.15) is 5.75 Å². The van der Waals surface area contributed by atoms with E-state index in [-0.39, 0.29) is 0 Å². The Morgan fingerprint density at radius 2 is 1.92 bits per heavy atom. The maximum Gasteiger partial charge on any atom is 0.115 e. The maximum absolute atomic E-state index is 9.06. The molecule has 0 saturated heterocycles. The van der Waals surface area contributed by atoms with Gasteiger partial charge in [-0.2, -0.15) is 0 Å². The van der Waals surface area contributed by atoms with Crippen molar-refractivity contribution in [2.75, 3.05) is 0 Å². The zero-order chi connectivity index (χ0) is 8.97. The van der Waals surface area contributed by atoms with Gasteiger partial charge in [-0.05, 0) is 36.6 Å². The first-order valence-corrected chi connectivity index (χ1v) is 4.22. The van der Waals surface area contributed by atoms with Crippen LogP contribution in [0.5, 0.6) is 5.75 Å². The van der Waals surface area contributed by atoms with E-state index in [0.717, 1.165) is 6.42 Å². The van der Waals surface area contributed by atoms with Crippen molar-refractivity contribution >= 4 is 5.57 Å². The molecule has 0 aliphatic rings. The van der Waals surface area contributed by atoms with Gasteiger partial charge in [-0.3, -0.25) is 0 Å². The van der Waals surface area contributed by atoms with Gasteiger partial charge in [-0.25, -0.2) is 0 Å². The van der Waals surface area contributed by atoms with Gasteiger partial charge in [-0.1, -0.05) is 25.1 Å². The van der Waals surface area contributed by atoms with Gasteiger partial charge in [0.15, 0.2) is 0 Å². The lowest BCUT2D eigenvalue weighted by molar-refractivity contribution is 0.475. The van der Waals surface area contributed by atoms with Gasteiger partial charge in [0.25, 0.3) is 0 Å². The van der Waals surface area contributed by atoms with E-state index in [4.69, 9.17) is 5.11 Å². The van der Waals surface area contributed by atoms with Gasteiger partial charge in [-0.15, -0.1) is 0 Å². The minimum Gasteiger partial charge on any atom is -0.508 e. The zero-order valence-corrected chi connectivity index (χ0v) is 7.54. The largest absolute Gasteiger partial charge is 0.508 e. The van der Waals surface area contributed by atoms with Gasteiger partial charge < -0.3 is 5.11 Å². The number of allylic oxidation sites excluding steroid dienone is 2. The van der Waals surface area contributed by atoms with Crippen LogP contribution in [0.1, 0.15) is 25.8 Å². The average Bonchev–Trinajstić information content (AvgIpc) is 2.10. The van der Waals surface area contributed by atoms with Crippen molar-refractivity contribution in [3.63, 3.8) is 0 Å². The number of hydrogen-bond donors (Lipinski definition) is 1. The molecule has 1 aromatic rings. The zero-order valence-electron chi connectivity index (χ0n) is 7.54. The second kappa shape index (κ2) is 3.96. The molecule has 0 saturated carbocycles. The second-order valence-electron chi connectivity index (χ2n) is 2.71. The third-order valence-corrected chi connectivity index (χ3v) is 1.97. The molecule has 1 heteroatoms. The first kappa shape index (κ1) is 8.85. The van der Waals surface area contributed by atoms with Crippen LogP contribution in [-0.4, -0.2) is 5.11 Å². The summed E-state index contributed by atoms with van der Waals surface area (Å²) >= 11 is 0. The molecule has 12 heavy (non-hydrogen) atoms. The van der Waals surface area contributed by atoms with E-state index in [9.17, 15) is 0 Å². The summed E-state index contributed by atoms with van der Waals surface area (Å²) in [5.41, 5.74) is 2.51. The molecular formula is C11H14O.